The van der Waals surface area contributed by atoms with Gasteiger partial charge in [-0.05, 0) is 40.9 Å². The van der Waals surface area contributed by atoms with E-state index in [-0.39, 0.29) is 19.1 Å². The van der Waals surface area contributed by atoms with Crippen molar-refractivity contribution in [3.05, 3.63) is 15.9 Å². The maximum Gasteiger partial charge on any atom is 0.305 e. The molecule has 9 heteroatoms. The average Bonchev–Trinajstić information content (AvgIpc) is 2.86. The van der Waals surface area contributed by atoms with Crippen molar-refractivity contribution in [2.75, 3.05) is 19.7 Å². The average molecular weight is 398 g/mol. The number of hydrogen-bond acceptors (Lipinski definition) is 5. The van der Waals surface area contributed by atoms with Gasteiger partial charge in [-0.15, -0.1) is 11.3 Å². The Balaban J connectivity index is 1.87. The van der Waals surface area contributed by atoms with Gasteiger partial charge in [0.15, 0.2) is 0 Å². The van der Waals surface area contributed by atoms with Crippen LogP contribution in [-0.4, -0.2) is 49.6 Å². The van der Waals surface area contributed by atoms with E-state index in [1.165, 1.54) is 15.6 Å². The van der Waals surface area contributed by atoms with Gasteiger partial charge in [0, 0.05) is 13.1 Å². The normalized spacial score (nSPS) is 18.0. The predicted octanol–water partition coefficient (Wildman–Crippen LogP) is 2.16. The molecule has 1 aromatic heterocycles. The Kier molecular flexibility index (Phi) is 5.78. The van der Waals surface area contributed by atoms with Crippen molar-refractivity contribution in [1.82, 2.24) is 4.31 Å². The van der Waals surface area contributed by atoms with Crippen LogP contribution in [0.25, 0.3) is 0 Å². The van der Waals surface area contributed by atoms with Crippen molar-refractivity contribution in [1.29, 1.82) is 0 Å². The van der Waals surface area contributed by atoms with Crippen LogP contribution >= 0.6 is 27.3 Å². The van der Waals surface area contributed by atoms with E-state index < -0.39 is 16.0 Å². The molecule has 0 bridgehead atoms. The molecule has 0 radical (unpaired) electrons. The fourth-order valence-corrected chi connectivity index (χ4v) is 5.75. The van der Waals surface area contributed by atoms with Crippen LogP contribution in [-0.2, 0) is 19.6 Å². The number of nitrogens with zero attached hydrogens (tertiary/aromatic N) is 1. The summed E-state index contributed by atoms with van der Waals surface area (Å²) in [5.41, 5.74) is 0. The first-order chi connectivity index (χ1) is 9.89. The zero-order valence-electron chi connectivity index (χ0n) is 11.2. The number of sulfonamides is 1. The SMILES string of the molecule is O=C(O)CCOC1CCN(S(=O)(=O)c2ccc(Br)s2)CC1. The molecule has 0 amide bonds. The van der Waals surface area contributed by atoms with Crippen molar-refractivity contribution >= 4 is 43.3 Å². The number of aliphatic carboxylic acids is 1. The first-order valence-corrected chi connectivity index (χ1v) is 9.53. The summed E-state index contributed by atoms with van der Waals surface area (Å²) < 4.78 is 32.9. The highest BCUT2D eigenvalue weighted by Crippen LogP contribution is 2.30. The van der Waals surface area contributed by atoms with Crippen LogP contribution in [0, 0.1) is 0 Å². The minimum Gasteiger partial charge on any atom is -0.481 e. The highest BCUT2D eigenvalue weighted by atomic mass is 79.9. The van der Waals surface area contributed by atoms with Gasteiger partial charge in [-0.2, -0.15) is 4.31 Å². The minimum absolute atomic E-state index is 0.0261. The lowest BCUT2D eigenvalue weighted by Gasteiger charge is -2.30. The summed E-state index contributed by atoms with van der Waals surface area (Å²) in [5.74, 6) is -0.890. The van der Waals surface area contributed by atoms with Gasteiger partial charge >= 0.3 is 5.97 Å². The number of halogens is 1. The number of piperidine rings is 1. The molecular formula is C12H16BrNO5S2. The van der Waals surface area contributed by atoms with Gasteiger partial charge < -0.3 is 9.84 Å². The van der Waals surface area contributed by atoms with Crippen LogP contribution in [0.15, 0.2) is 20.1 Å². The van der Waals surface area contributed by atoms with E-state index >= 15 is 0 Å². The molecule has 0 saturated carbocycles. The Hall–Kier alpha value is -0.480. The molecule has 0 aliphatic carbocycles. The number of ether oxygens (including phenoxy) is 1. The second-order valence-electron chi connectivity index (χ2n) is 4.68. The van der Waals surface area contributed by atoms with E-state index in [4.69, 9.17) is 9.84 Å². The topological polar surface area (TPSA) is 83.9 Å². The Morgan fingerprint density at radius 1 is 1.43 bits per heavy atom. The molecule has 1 aliphatic heterocycles. The van der Waals surface area contributed by atoms with Crippen molar-refractivity contribution in [2.24, 2.45) is 0 Å². The van der Waals surface area contributed by atoms with Gasteiger partial charge in [-0.25, -0.2) is 8.42 Å². The second-order valence-corrected chi connectivity index (χ2v) is 9.30. The van der Waals surface area contributed by atoms with Gasteiger partial charge in [-0.3, -0.25) is 4.79 Å². The fourth-order valence-electron chi connectivity index (χ4n) is 2.12. The number of carboxylic acids is 1. The molecule has 1 aromatic rings. The number of thiophene rings is 1. The van der Waals surface area contributed by atoms with E-state index in [0.29, 0.717) is 30.1 Å². The number of rotatable bonds is 6. The number of hydrogen-bond donors (Lipinski definition) is 1. The first-order valence-electron chi connectivity index (χ1n) is 6.48. The van der Waals surface area contributed by atoms with Crippen molar-refractivity contribution in [3.63, 3.8) is 0 Å². The molecule has 0 unspecified atom stereocenters. The molecule has 0 spiro atoms. The van der Waals surface area contributed by atoms with Crippen molar-refractivity contribution in [3.8, 4) is 0 Å². The van der Waals surface area contributed by atoms with E-state index in [1.54, 1.807) is 12.1 Å². The lowest BCUT2D eigenvalue weighted by atomic mass is 10.1. The first kappa shape index (κ1) is 16.9. The van der Waals surface area contributed by atoms with E-state index in [9.17, 15) is 13.2 Å². The zero-order chi connectivity index (χ0) is 15.5. The molecular weight excluding hydrogens is 382 g/mol. The standard InChI is InChI=1S/C12H16BrNO5S2/c13-10-1-2-12(20-10)21(17,18)14-6-3-9(4-7-14)19-8-5-11(15)16/h1-2,9H,3-8H2,(H,15,16). The molecule has 1 saturated heterocycles. The van der Waals surface area contributed by atoms with Gasteiger partial charge in [0.2, 0.25) is 0 Å². The fraction of sp³-hybridized carbons (Fsp3) is 0.583. The number of carbonyl (C=O) groups is 1. The predicted molar refractivity (Wildman–Crippen MR) is 82.0 cm³/mol. The molecule has 0 atom stereocenters. The van der Waals surface area contributed by atoms with Gasteiger partial charge in [0.05, 0.1) is 22.9 Å². The Morgan fingerprint density at radius 3 is 2.62 bits per heavy atom. The van der Waals surface area contributed by atoms with E-state index in [2.05, 4.69) is 15.9 Å². The molecule has 1 fully saturated rings. The third-order valence-corrected chi connectivity index (χ3v) is 7.20. The van der Waals surface area contributed by atoms with Crippen LogP contribution in [0.1, 0.15) is 19.3 Å². The Morgan fingerprint density at radius 2 is 2.10 bits per heavy atom. The summed E-state index contributed by atoms with van der Waals surface area (Å²) >= 11 is 4.46. The lowest BCUT2D eigenvalue weighted by Crippen LogP contribution is -2.40. The van der Waals surface area contributed by atoms with Crippen LogP contribution in [0.4, 0.5) is 0 Å². The van der Waals surface area contributed by atoms with Gasteiger partial charge in [-0.1, -0.05) is 0 Å². The smallest absolute Gasteiger partial charge is 0.305 e. The van der Waals surface area contributed by atoms with Gasteiger partial charge in [0.1, 0.15) is 4.21 Å². The lowest BCUT2D eigenvalue weighted by molar-refractivity contribution is -0.138. The summed E-state index contributed by atoms with van der Waals surface area (Å²) in [7, 11) is -3.43. The number of carboxylic acid groups (broad SMARTS) is 1. The molecule has 118 valence electrons. The maximum absolute atomic E-state index is 12.4. The van der Waals surface area contributed by atoms with E-state index in [0.717, 1.165) is 3.79 Å². The summed E-state index contributed by atoms with van der Waals surface area (Å²) in [6, 6.07) is 3.32. The summed E-state index contributed by atoms with van der Waals surface area (Å²) in [4.78, 5) is 10.4. The molecule has 2 rings (SSSR count). The zero-order valence-corrected chi connectivity index (χ0v) is 14.4. The highest BCUT2D eigenvalue weighted by Gasteiger charge is 2.30. The largest absolute Gasteiger partial charge is 0.481 e. The molecule has 1 N–H and O–H groups in total. The van der Waals surface area contributed by atoms with Crippen molar-refractivity contribution < 1.29 is 23.1 Å². The third-order valence-electron chi connectivity index (χ3n) is 3.21. The molecule has 21 heavy (non-hydrogen) atoms. The molecule has 0 aromatic carbocycles. The second kappa shape index (κ2) is 7.19. The third kappa shape index (κ3) is 4.49. The Bertz CT molecular complexity index is 593. The van der Waals surface area contributed by atoms with Crippen LogP contribution in [0.2, 0.25) is 0 Å². The van der Waals surface area contributed by atoms with Crippen LogP contribution in [0.3, 0.4) is 0 Å². The summed E-state index contributed by atoms with van der Waals surface area (Å²) in [6.07, 6.45) is 1.09. The molecule has 2 heterocycles. The minimum atomic E-state index is -3.43. The van der Waals surface area contributed by atoms with Gasteiger partial charge in [0.25, 0.3) is 10.0 Å². The van der Waals surface area contributed by atoms with Crippen LogP contribution in [0.5, 0.6) is 0 Å². The maximum atomic E-state index is 12.4. The molecule has 1 aliphatic rings. The summed E-state index contributed by atoms with van der Waals surface area (Å²) in [5, 5.41) is 8.55. The molecule has 6 nitrogen and oxygen atoms in total. The quantitative estimate of drug-likeness (QED) is 0.794. The highest BCUT2D eigenvalue weighted by molar-refractivity contribution is 9.11. The van der Waals surface area contributed by atoms with Crippen molar-refractivity contribution in [2.45, 2.75) is 29.6 Å². The summed E-state index contributed by atoms with van der Waals surface area (Å²) in [6.45, 7) is 0.968. The Labute approximate surface area is 135 Å². The van der Waals surface area contributed by atoms with E-state index in [1.807, 2.05) is 0 Å². The van der Waals surface area contributed by atoms with Crippen LogP contribution < -0.4 is 0 Å². The monoisotopic (exact) mass is 397 g/mol.